The van der Waals surface area contributed by atoms with Crippen molar-refractivity contribution >= 4 is 21.8 Å². The highest BCUT2D eigenvalue weighted by Gasteiger charge is 2.30. The summed E-state index contributed by atoms with van der Waals surface area (Å²) in [5, 5.41) is 5.35. The molecule has 0 aliphatic carbocycles. The minimum atomic E-state index is -3.36. The smallest absolute Gasteiger partial charge is 0.275 e. The van der Waals surface area contributed by atoms with Crippen molar-refractivity contribution in [1.29, 1.82) is 0 Å². The van der Waals surface area contributed by atoms with E-state index in [-0.39, 0.29) is 24.1 Å². The van der Waals surface area contributed by atoms with Crippen molar-refractivity contribution in [3.05, 3.63) is 35.9 Å². The predicted octanol–water partition coefficient (Wildman–Crippen LogP) is -1.64. The quantitative estimate of drug-likeness (QED) is 0.490. The highest BCUT2D eigenvalue weighted by atomic mass is 32.2. The van der Waals surface area contributed by atoms with E-state index in [1.165, 1.54) is 4.31 Å². The van der Waals surface area contributed by atoms with Gasteiger partial charge >= 0.3 is 0 Å². The molecule has 8 nitrogen and oxygen atoms in total. The first-order valence-corrected chi connectivity index (χ1v) is 10.8. The first-order chi connectivity index (χ1) is 12.8. The molecule has 1 saturated heterocycles. The summed E-state index contributed by atoms with van der Waals surface area (Å²) >= 11 is 0. The standard InChI is InChI=1S/C18H28N4O4S/c1-3-19-18(24)15(2)20-17(23)13-21-9-11-22(12-10-21)27(25,26)14-16-7-5-4-6-8-16/h4-8,15H,3,9-14H2,1-2H3,(H,19,24)(H,20,23)/p+1/t15-/m0/s1. The van der Waals surface area contributed by atoms with E-state index in [0.717, 1.165) is 10.5 Å². The first kappa shape index (κ1) is 21.3. The average molecular weight is 398 g/mol. The van der Waals surface area contributed by atoms with E-state index in [1.807, 2.05) is 25.1 Å². The van der Waals surface area contributed by atoms with E-state index in [0.29, 0.717) is 32.7 Å². The van der Waals surface area contributed by atoms with Crippen LogP contribution in [0.3, 0.4) is 0 Å². The molecule has 0 unspecified atom stereocenters. The predicted molar refractivity (Wildman–Crippen MR) is 102 cm³/mol. The summed E-state index contributed by atoms with van der Waals surface area (Å²) < 4.78 is 26.6. The van der Waals surface area contributed by atoms with E-state index >= 15 is 0 Å². The largest absolute Gasteiger partial charge is 0.355 e. The summed E-state index contributed by atoms with van der Waals surface area (Å²) in [5.41, 5.74) is 0.769. The number of carbonyl (C=O) groups excluding carboxylic acids is 2. The molecule has 0 bridgehead atoms. The molecule has 1 aromatic carbocycles. The fourth-order valence-electron chi connectivity index (χ4n) is 3.05. The second kappa shape index (κ2) is 9.82. The van der Waals surface area contributed by atoms with E-state index in [1.54, 1.807) is 19.1 Å². The van der Waals surface area contributed by atoms with Crippen LogP contribution in [-0.4, -0.2) is 69.8 Å². The van der Waals surface area contributed by atoms with Crippen molar-refractivity contribution in [2.75, 3.05) is 39.3 Å². The Morgan fingerprint density at radius 3 is 2.41 bits per heavy atom. The molecular weight excluding hydrogens is 368 g/mol. The number of quaternary nitrogens is 1. The van der Waals surface area contributed by atoms with Crippen LogP contribution in [0.1, 0.15) is 19.4 Å². The molecule has 2 rings (SSSR count). The molecule has 1 aliphatic heterocycles. The Bertz CT molecular complexity index is 731. The van der Waals surface area contributed by atoms with Crippen molar-refractivity contribution in [2.45, 2.75) is 25.6 Å². The third kappa shape index (κ3) is 6.60. The minimum Gasteiger partial charge on any atom is -0.355 e. The highest BCUT2D eigenvalue weighted by molar-refractivity contribution is 7.88. The second-order valence-corrected chi connectivity index (χ2v) is 8.72. The van der Waals surface area contributed by atoms with Gasteiger partial charge in [-0.05, 0) is 19.4 Å². The van der Waals surface area contributed by atoms with Gasteiger partial charge in [0, 0.05) is 6.54 Å². The molecule has 1 aromatic rings. The van der Waals surface area contributed by atoms with Crippen LogP contribution in [0, 0.1) is 0 Å². The van der Waals surface area contributed by atoms with Crippen LogP contribution in [0.25, 0.3) is 0 Å². The topological polar surface area (TPSA) is 100 Å². The van der Waals surface area contributed by atoms with Crippen LogP contribution >= 0.6 is 0 Å². The number of hydrogen-bond acceptors (Lipinski definition) is 4. The zero-order valence-electron chi connectivity index (χ0n) is 15.9. The van der Waals surface area contributed by atoms with Crippen LogP contribution in [-0.2, 0) is 25.4 Å². The van der Waals surface area contributed by atoms with Gasteiger partial charge in [-0.2, -0.15) is 4.31 Å². The van der Waals surface area contributed by atoms with Crippen molar-refractivity contribution in [3.63, 3.8) is 0 Å². The Balaban J connectivity index is 1.79. The van der Waals surface area contributed by atoms with Crippen LogP contribution in [0.2, 0.25) is 0 Å². The Labute approximate surface area is 161 Å². The molecule has 1 aliphatic rings. The average Bonchev–Trinajstić information content (AvgIpc) is 2.62. The van der Waals surface area contributed by atoms with Crippen molar-refractivity contribution in [2.24, 2.45) is 0 Å². The fourth-order valence-corrected chi connectivity index (χ4v) is 4.58. The lowest BCUT2D eigenvalue weighted by Crippen LogP contribution is -3.15. The van der Waals surface area contributed by atoms with Gasteiger partial charge in [-0.25, -0.2) is 8.42 Å². The van der Waals surface area contributed by atoms with Gasteiger partial charge in [0.15, 0.2) is 6.54 Å². The van der Waals surface area contributed by atoms with Crippen LogP contribution in [0.15, 0.2) is 30.3 Å². The third-order valence-electron chi connectivity index (χ3n) is 4.55. The van der Waals surface area contributed by atoms with E-state index in [9.17, 15) is 18.0 Å². The molecule has 0 spiro atoms. The summed E-state index contributed by atoms with van der Waals surface area (Å²) in [7, 11) is -3.36. The van der Waals surface area contributed by atoms with E-state index in [2.05, 4.69) is 10.6 Å². The van der Waals surface area contributed by atoms with Crippen LogP contribution in [0.4, 0.5) is 0 Å². The number of hydrogen-bond donors (Lipinski definition) is 3. The molecule has 0 radical (unpaired) electrons. The van der Waals surface area contributed by atoms with Gasteiger partial charge in [-0.3, -0.25) is 9.59 Å². The summed E-state index contributed by atoms with van der Waals surface area (Å²) in [6, 6.07) is 8.54. The fraction of sp³-hybridized carbons (Fsp3) is 0.556. The molecule has 0 aromatic heterocycles. The molecule has 2 amide bonds. The lowest BCUT2D eigenvalue weighted by atomic mass is 10.2. The molecule has 0 saturated carbocycles. The van der Waals surface area contributed by atoms with Crippen molar-refractivity contribution in [3.8, 4) is 0 Å². The Morgan fingerprint density at radius 2 is 1.81 bits per heavy atom. The number of sulfonamides is 1. The third-order valence-corrected chi connectivity index (χ3v) is 6.40. The van der Waals surface area contributed by atoms with Crippen LogP contribution in [0.5, 0.6) is 0 Å². The van der Waals surface area contributed by atoms with Gasteiger partial charge < -0.3 is 15.5 Å². The minimum absolute atomic E-state index is 0.00624. The molecule has 1 heterocycles. The number of likely N-dealkylation sites (N-methyl/N-ethyl adjacent to an activating group) is 1. The summed E-state index contributed by atoms with van der Waals surface area (Å²) in [6.07, 6.45) is 0. The molecular formula is C18H29N4O4S+. The SMILES string of the molecule is CCNC(=O)[C@H](C)NC(=O)C[NH+]1CCN(S(=O)(=O)Cc2ccccc2)CC1. The number of benzene rings is 1. The lowest BCUT2D eigenvalue weighted by Gasteiger charge is -2.31. The number of amides is 2. The zero-order chi connectivity index (χ0) is 19.9. The Hall–Kier alpha value is -1.97. The van der Waals surface area contributed by atoms with Gasteiger partial charge in [0.05, 0.1) is 31.9 Å². The number of rotatable bonds is 8. The normalized spacial score (nSPS) is 17.3. The maximum absolute atomic E-state index is 12.6. The van der Waals surface area contributed by atoms with Gasteiger partial charge in [-0.1, -0.05) is 30.3 Å². The molecule has 1 atom stereocenters. The van der Waals surface area contributed by atoms with Crippen LogP contribution < -0.4 is 15.5 Å². The zero-order valence-corrected chi connectivity index (χ0v) is 16.7. The van der Waals surface area contributed by atoms with Gasteiger partial charge in [0.2, 0.25) is 15.9 Å². The summed E-state index contributed by atoms with van der Waals surface area (Å²) in [6.45, 7) is 6.13. The first-order valence-electron chi connectivity index (χ1n) is 9.24. The molecule has 9 heteroatoms. The van der Waals surface area contributed by atoms with E-state index in [4.69, 9.17) is 0 Å². The van der Waals surface area contributed by atoms with E-state index < -0.39 is 16.1 Å². The number of piperazine rings is 1. The monoisotopic (exact) mass is 397 g/mol. The van der Waals surface area contributed by atoms with Crippen molar-refractivity contribution in [1.82, 2.24) is 14.9 Å². The summed E-state index contributed by atoms with van der Waals surface area (Å²) in [4.78, 5) is 24.8. The lowest BCUT2D eigenvalue weighted by molar-refractivity contribution is -0.895. The number of nitrogens with one attached hydrogen (secondary N) is 3. The Morgan fingerprint density at radius 1 is 1.19 bits per heavy atom. The van der Waals surface area contributed by atoms with Gasteiger partial charge in [-0.15, -0.1) is 0 Å². The highest BCUT2D eigenvalue weighted by Crippen LogP contribution is 2.10. The molecule has 3 N–H and O–H groups in total. The second-order valence-electron chi connectivity index (χ2n) is 6.75. The molecule has 27 heavy (non-hydrogen) atoms. The van der Waals surface area contributed by atoms with Crippen molar-refractivity contribution < 1.29 is 22.9 Å². The van der Waals surface area contributed by atoms with Gasteiger partial charge in [0.25, 0.3) is 5.91 Å². The maximum atomic E-state index is 12.6. The number of nitrogens with zero attached hydrogens (tertiary/aromatic N) is 1. The van der Waals surface area contributed by atoms with Gasteiger partial charge in [0.1, 0.15) is 6.04 Å². The number of carbonyl (C=O) groups is 2. The molecule has 150 valence electrons. The Kier molecular flexibility index (Phi) is 7.76. The molecule has 1 fully saturated rings. The maximum Gasteiger partial charge on any atom is 0.275 e. The summed E-state index contributed by atoms with van der Waals surface area (Å²) in [5.74, 6) is -0.421.